The van der Waals surface area contributed by atoms with Crippen molar-refractivity contribution in [2.45, 2.75) is 13.0 Å². The van der Waals surface area contributed by atoms with E-state index < -0.39 is 17.7 Å². The van der Waals surface area contributed by atoms with Gasteiger partial charge in [-0.3, -0.25) is 19.5 Å². The molecular weight excluding hydrogens is 416 g/mol. The minimum Gasteiger partial charge on any atom is -0.507 e. The number of aliphatic hydroxyl groups excluding tert-OH is 1. The Bertz CT molecular complexity index is 1160. The molecule has 0 spiro atoms. The van der Waals surface area contributed by atoms with Crippen LogP contribution in [0.1, 0.15) is 22.0 Å². The second-order valence-corrected chi connectivity index (χ2v) is 7.89. The standard InChI is InChI=1S/C23H20N2O5S/c1-13-6-9-31-22(13)19-18(20(26)14-4-7-24-8-5-14)21(27)23(28)25(19)15-10-16(29-2)12-17(11-15)30-3/h4-12,19,26H,1-3H3/b20-18-. The predicted octanol–water partition coefficient (Wildman–Crippen LogP) is 4.10. The summed E-state index contributed by atoms with van der Waals surface area (Å²) in [4.78, 5) is 32.5. The fourth-order valence-electron chi connectivity index (χ4n) is 3.61. The molecular formula is C23H20N2O5S. The fourth-order valence-corrected chi connectivity index (χ4v) is 4.63. The zero-order chi connectivity index (χ0) is 22.1. The molecule has 158 valence electrons. The monoisotopic (exact) mass is 436 g/mol. The van der Waals surface area contributed by atoms with E-state index >= 15 is 0 Å². The molecule has 1 saturated heterocycles. The zero-order valence-corrected chi connectivity index (χ0v) is 18.0. The van der Waals surface area contributed by atoms with Crippen LogP contribution in [0.15, 0.2) is 59.7 Å². The van der Waals surface area contributed by atoms with Crippen LogP contribution < -0.4 is 14.4 Å². The van der Waals surface area contributed by atoms with Gasteiger partial charge in [0, 0.05) is 41.0 Å². The molecule has 31 heavy (non-hydrogen) atoms. The molecule has 0 saturated carbocycles. The number of carbonyl (C=O) groups is 2. The number of pyridine rings is 1. The molecule has 1 fully saturated rings. The van der Waals surface area contributed by atoms with Crippen LogP contribution in [0, 0.1) is 6.92 Å². The third-order valence-electron chi connectivity index (χ3n) is 5.16. The number of amides is 1. The molecule has 1 aromatic carbocycles. The summed E-state index contributed by atoms with van der Waals surface area (Å²) in [7, 11) is 3.02. The van der Waals surface area contributed by atoms with E-state index in [1.54, 1.807) is 30.3 Å². The van der Waals surface area contributed by atoms with E-state index in [2.05, 4.69) is 4.98 Å². The van der Waals surface area contributed by atoms with Gasteiger partial charge in [0.1, 0.15) is 23.3 Å². The van der Waals surface area contributed by atoms with Crippen LogP contribution in [0.5, 0.6) is 11.5 Å². The van der Waals surface area contributed by atoms with E-state index in [1.807, 2.05) is 18.4 Å². The number of hydrogen-bond donors (Lipinski definition) is 1. The lowest BCUT2D eigenvalue weighted by Crippen LogP contribution is -2.29. The Labute approximate surface area is 183 Å². The van der Waals surface area contributed by atoms with Gasteiger partial charge < -0.3 is 14.6 Å². The quantitative estimate of drug-likeness (QED) is 0.368. The number of methoxy groups -OCH3 is 2. The smallest absolute Gasteiger partial charge is 0.300 e. The molecule has 3 aromatic rings. The minimum atomic E-state index is -0.787. The molecule has 1 amide bonds. The Kier molecular flexibility index (Phi) is 5.48. The number of nitrogens with zero attached hydrogens (tertiary/aromatic N) is 2. The average Bonchev–Trinajstić information content (AvgIpc) is 3.33. The Balaban J connectivity index is 1.97. The van der Waals surface area contributed by atoms with Crippen LogP contribution in [0.4, 0.5) is 5.69 Å². The summed E-state index contributed by atoms with van der Waals surface area (Å²) < 4.78 is 10.7. The molecule has 1 aliphatic heterocycles. The van der Waals surface area contributed by atoms with E-state index in [1.165, 1.54) is 42.8 Å². The molecule has 1 unspecified atom stereocenters. The molecule has 8 heteroatoms. The van der Waals surface area contributed by atoms with Crippen molar-refractivity contribution in [1.82, 2.24) is 4.98 Å². The third kappa shape index (κ3) is 3.55. The number of aryl methyl sites for hydroxylation is 1. The van der Waals surface area contributed by atoms with Crippen LogP contribution in [0.25, 0.3) is 5.76 Å². The summed E-state index contributed by atoms with van der Waals surface area (Å²) >= 11 is 1.42. The van der Waals surface area contributed by atoms with E-state index in [0.29, 0.717) is 22.7 Å². The zero-order valence-electron chi connectivity index (χ0n) is 17.2. The first kappa shape index (κ1) is 20.6. The lowest BCUT2D eigenvalue weighted by atomic mass is 9.98. The van der Waals surface area contributed by atoms with Crippen molar-refractivity contribution >= 4 is 34.5 Å². The van der Waals surface area contributed by atoms with Gasteiger partial charge in [0.25, 0.3) is 11.7 Å². The van der Waals surface area contributed by atoms with E-state index in [4.69, 9.17) is 9.47 Å². The first-order valence-corrected chi connectivity index (χ1v) is 10.3. The van der Waals surface area contributed by atoms with Gasteiger partial charge in [-0.1, -0.05) is 0 Å². The second kappa shape index (κ2) is 8.23. The number of hydrogen-bond acceptors (Lipinski definition) is 7. The molecule has 0 radical (unpaired) electrons. The molecule has 0 aliphatic carbocycles. The van der Waals surface area contributed by atoms with Gasteiger partial charge in [0.2, 0.25) is 0 Å². The maximum atomic E-state index is 13.2. The topological polar surface area (TPSA) is 89.0 Å². The number of ether oxygens (including phenoxy) is 2. The van der Waals surface area contributed by atoms with Crippen molar-refractivity contribution in [3.05, 3.63) is 75.7 Å². The van der Waals surface area contributed by atoms with Crippen LogP contribution in [0.3, 0.4) is 0 Å². The first-order valence-electron chi connectivity index (χ1n) is 9.44. The van der Waals surface area contributed by atoms with Gasteiger partial charge in [-0.05, 0) is 36.1 Å². The summed E-state index contributed by atoms with van der Waals surface area (Å²) in [5.74, 6) is -0.771. The van der Waals surface area contributed by atoms with Crippen molar-refractivity contribution in [3.63, 3.8) is 0 Å². The number of ketones is 1. The van der Waals surface area contributed by atoms with Gasteiger partial charge in [0.05, 0.1) is 25.5 Å². The van der Waals surface area contributed by atoms with Crippen LogP contribution in [-0.2, 0) is 9.59 Å². The summed E-state index contributed by atoms with van der Waals surface area (Å²) in [6.45, 7) is 1.91. The largest absolute Gasteiger partial charge is 0.507 e. The molecule has 7 nitrogen and oxygen atoms in total. The number of carbonyl (C=O) groups excluding carboxylic acids is 2. The molecule has 4 rings (SSSR count). The molecule has 1 atom stereocenters. The summed E-state index contributed by atoms with van der Waals surface area (Å²) in [5, 5.41) is 12.9. The Morgan fingerprint density at radius 1 is 1.06 bits per heavy atom. The van der Waals surface area contributed by atoms with Gasteiger partial charge >= 0.3 is 0 Å². The number of thiophene rings is 1. The van der Waals surface area contributed by atoms with E-state index in [-0.39, 0.29) is 11.3 Å². The number of benzene rings is 1. The van der Waals surface area contributed by atoms with Crippen LogP contribution >= 0.6 is 11.3 Å². The van der Waals surface area contributed by atoms with Crippen molar-refractivity contribution < 1.29 is 24.2 Å². The summed E-state index contributed by atoms with van der Waals surface area (Å²) in [5.41, 5.74) is 1.79. The molecule has 1 N–H and O–H groups in total. The fraction of sp³-hybridized carbons (Fsp3) is 0.174. The van der Waals surface area contributed by atoms with Gasteiger partial charge in [-0.15, -0.1) is 11.3 Å². The highest BCUT2D eigenvalue weighted by atomic mass is 32.1. The normalized spacial score (nSPS) is 17.8. The van der Waals surface area contributed by atoms with Crippen molar-refractivity contribution in [3.8, 4) is 11.5 Å². The van der Waals surface area contributed by atoms with E-state index in [9.17, 15) is 14.7 Å². The van der Waals surface area contributed by atoms with Crippen molar-refractivity contribution in [1.29, 1.82) is 0 Å². The predicted molar refractivity (Wildman–Crippen MR) is 118 cm³/mol. The number of rotatable bonds is 5. The van der Waals surface area contributed by atoms with Gasteiger partial charge in [0.15, 0.2) is 0 Å². The Morgan fingerprint density at radius 3 is 2.26 bits per heavy atom. The molecule has 1 aliphatic rings. The van der Waals surface area contributed by atoms with Gasteiger partial charge in [-0.2, -0.15) is 0 Å². The SMILES string of the molecule is COc1cc(OC)cc(N2C(=O)C(=O)/C(=C(\O)c3ccncc3)C2c2sccc2C)c1. The molecule has 0 bridgehead atoms. The number of aromatic nitrogens is 1. The molecule has 3 heterocycles. The summed E-state index contributed by atoms with van der Waals surface area (Å²) in [6.07, 6.45) is 3.03. The maximum absolute atomic E-state index is 13.2. The summed E-state index contributed by atoms with van der Waals surface area (Å²) in [6, 6.07) is 9.32. The minimum absolute atomic E-state index is 0.0311. The lowest BCUT2D eigenvalue weighted by molar-refractivity contribution is -0.132. The van der Waals surface area contributed by atoms with Crippen LogP contribution in [-0.4, -0.2) is 36.0 Å². The number of aliphatic hydroxyl groups is 1. The lowest BCUT2D eigenvalue weighted by Gasteiger charge is -2.25. The third-order valence-corrected chi connectivity index (χ3v) is 6.23. The highest BCUT2D eigenvalue weighted by molar-refractivity contribution is 7.10. The highest BCUT2D eigenvalue weighted by Crippen LogP contribution is 2.46. The molecule has 2 aromatic heterocycles. The first-order chi connectivity index (χ1) is 15.0. The van der Waals surface area contributed by atoms with Crippen molar-refractivity contribution in [2.24, 2.45) is 0 Å². The number of anilines is 1. The van der Waals surface area contributed by atoms with Gasteiger partial charge in [-0.25, -0.2) is 0 Å². The highest BCUT2D eigenvalue weighted by Gasteiger charge is 2.48. The van der Waals surface area contributed by atoms with Crippen molar-refractivity contribution in [2.75, 3.05) is 19.1 Å². The maximum Gasteiger partial charge on any atom is 0.300 e. The van der Waals surface area contributed by atoms with Crippen LogP contribution in [0.2, 0.25) is 0 Å². The Morgan fingerprint density at radius 2 is 1.71 bits per heavy atom. The second-order valence-electron chi connectivity index (χ2n) is 6.94. The number of Topliss-reactive ketones (excluding diaryl/α,β-unsaturated/α-hetero) is 1. The van der Waals surface area contributed by atoms with E-state index in [0.717, 1.165) is 10.4 Å². The Hall–Kier alpha value is -3.65. The average molecular weight is 436 g/mol.